The fraction of sp³-hybridized carbons (Fsp3) is 0.417. The molecule has 0 spiro atoms. The smallest absolute Gasteiger partial charge is 0.166 e. The third-order valence-electron chi connectivity index (χ3n) is 2.79. The first-order valence-electron chi connectivity index (χ1n) is 4.94. The van der Waals surface area contributed by atoms with Gasteiger partial charge in [-0.25, -0.2) is 0 Å². The average Bonchev–Trinajstić information content (AvgIpc) is 2.54. The van der Waals surface area contributed by atoms with Crippen LogP contribution in [0.5, 0.6) is 0 Å². The summed E-state index contributed by atoms with van der Waals surface area (Å²) in [5, 5.41) is 0. The number of rotatable bonds is 3. The van der Waals surface area contributed by atoms with Gasteiger partial charge in [-0.05, 0) is 30.4 Å². The van der Waals surface area contributed by atoms with Crippen molar-refractivity contribution in [2.75, 3.05) is 12.0 Å². The molecule has 0 saturated heterocycles. The molecule has 0 radical (unpaired) electrons. The number of hydrogen-bond acceptors (Lipinski definition) is 2. The first kappa shape index (κ1) is 9.78. The topological polar surface area (TPSA) is 17.1 Å². The standard InChI is InChI=1S/C12H14OS/c1-14-7-6-10-8-9-4-2-3-5-11(9)12(10)13/h2-5,10H,6-8H2,1H3. The predicted octanol–water partition coefficient (Wildman–Crippen LogP) is 2.79. The van der Waals surface area contributed by atoms with Crippen LogP contribution in [-0.2, 0) is 6.42 Å². The molecular formula is C12H14OS. The van der Waals surface area contributed by atoms with Gasteiger partial charge in [0.15, 0.2) is 5.78 Å². The van der Waals surface area contributed by atoms with E-state index in [-0.39, 0.29) is 5.92 Å². The Morgan fingerprint density at radius 1 is 1.43 bits per heavy atom. The zero-order valence-electron chi connectivity index (χ0n) is 8.32. The van der Waals surface area contributed by atoms with Gasteiger partial charge in [-0.3, -0.25) is 4.79 Å². The minimum atomic E-state index is 0.250. The Bertz CT molecular complexity index is 346. The molecule has 0 fully saturated rings. The lowest BCUT2D eigenvalue weighted by molar-refractivity contribution is 0.0935. The normalized spacial score (nSPS) is 19.8. The summed E-state index contributed by atoms with van der Waals surface area (Å²) in [6.07, 6.45) is 4.07. The molecule has 0 bridgehead atoms. The van der Waals surface area contributed by atoms with Crippen molar-refractivity contribution >= 4 is 17.5 Å². The molecule has 74 valence electrons. The minimum Gasteiger partial charge on any atom is -0.294 e. The van der Waals surface area contributed by atoms with E-state index in [1.807, 2.05) is 30.0 Å². The van der Waals surface area contributed by atoms with Crippen molar-refractivity contribution in [3.8, 4) is 0 Å². The molecule has 1 aliphatic carbocycles. The highest BCUT2D eigenvalue weighted by molar-refractivity contribution is 7.98. The van der Waals surface area contributed by atoms with Gasteiger partial charge < -0.3 is 0 Å². The Morgan fingerprint density at radius 3 is 2.93 bits per heavy atom. The fourth-order valence-corrected chi connectivity index (χ4v) is 2.53. The number of carbonyl (C=O) groups excluding carboxylic acids is 1. The SMILES string of the molecule is CSCCC1Cc2ccccc2C1=O. The Hall–Kier alpha value is -0.760. The van der Waals surface area contributed by atoms with Crippen molar-refractivity contribution in [2.45, 2.75) is 12.8 Å². The third kappa shape index (κ3) is 1.71. The van der Waals surface area contributed by atoms with Gasteiger partial charge in [0.2, 0.25) is 0 Å². The van der Waals surface area contributed by atoms with Gasteiger partial charge in [-0.2, -0.15) is 11.8 Å². The maximum atomic E-state index is 11.9. The monoisotopic (exact) mass is 206 g/mol. The molecule has 1 nitrogen and oxygen atoms in total. The van der Waals surface area contributed by atoms with E-state index in [0.717, 1.165) is 24.2 Å². The van der Waals surface area contributed by atoms with Gasteiger partial charge in [0.25, 0.3) is 0 Å². The van der Waals surface area contributed by atoms with Crippen LogP contribution in [0.3, 0.4) is 0 Å². The molecule has 1 atom stereocenters. The van der Waals surface area contributed by atoms with Crippen LogP contribution in [-0.4, -0.2) is 17.8 Å². The van der Waals surface area contributed by atoms with E-state index < -0.39 is 0 Å². The van der Waals surface area contributed by atoms with Gasteiger partial charge >= 0.3 is 0 Å². The van der Waals surface area contributed by atoms with Crippen LogP contribution in [0.2, 0.25) is 0 Å². The number of ketones is 1. The van der Waals surface area contributed by atoms with E-state index >= 15 is 0 Å². The molecule has 14 heavy (non-hydrogen) atoms. The number of Topliss-reactive ketones (excluding diaryl/α,β-unsaturated/α-hetero) is 1. The highest BCUT2D eigenvalue weighted by atomic mass is 32.2. The van der Waals surface area contributed by atoms with Crippen LogP contribution in [0.4, 0.5) is 0 Å². The Balaban J connectivity index is 2.13. The first-order chi connectivity index (χ1) is 6.83. The molecule has 0 saturated carbocycles. The highest BCUT2D eigenvalue weighted by Crippen LogP contribution is 2.29. The maximum absolute atomic E-state index is 11.9. The lowest BCUT2D eigenvalue weighted by Crippen LogP contribution is -2.09. The summed E-state index contributed by atoms with van der Waals surface area (Å²) in [4.78, 5) is 11.9. The van der Waals surface area contributed by atoms with E-state index in [9.17, 15) is 4.79 Å². The van der Waals surface area contributed by atoms with Crippen molar-refractivity contribution in [3.05, 3.63) is 35.4 Å². The molecule has 2 heteroatoms. The van der Waals surface area contributed by atoms with Gasteiger partial charge in [0.1, 0.15) is 0 Å². The summed E-state index contributed by atoms with van der Waals surface area (Å²) in [5.41, 5.74) is 2.20. The zero-order chi connectivity index (χ0) is 9.97. The predicted molar refractivity (Wildman–Crippen MR) is 61.0 cm³/mol. The van der Waals surface area contributed by atoms with Crippen LogP contribution >= 0.6 is 11.8 Å². The van der Waals surface area contributed by atoms with Crippen LogP contribution in [0.1, 0.15) is 22.3 Å². The van der Waals surface area contributed by atoms with E-state index in [1.165, 1.54) is 5.56 Å². The zero-order valence-corrected chi connectivity index (χ0v) is 9.14. The van der Waals surface area contributed by atoms with E-state index in [2.05, 4.69) is 12.3 Å². The number of thioether (sulfide) groups is 1. The molecule has 0 N–H and O–H groups in total. The first-order valence-corrected chi connectivity index (χ1v) is 6.33. The second-order valence-corrected chi connectivity index (χ2v) is 4.69. The van der Waals surface area contributed by atoms with Crippen LogP contribution in [0.15, 0.2) is 24.3 Å². The van der Waals surface area contributed by atoms with E-state index in [0.29, 0.717) is 5.78 Å². The largest absolute Gasteiger partial charge is 0.294 e. The molecule has 1 unspecified atom stereocenters. The molecule has 0 amide bonds. The summed E-state index contributed by atoms with van der Waals surface area (Å²) in [6.45, 7) is 0. The third-order valence-corrected chi connectivity index (χ3v) is 3.43. The Labute approximate surface area is 88.9 Å². The summed E-state index contributed by atoms with van der Waals surface area (Å²) in [5.74, 6) is 1.69. The molecule has 2 rings (SSSR count). The maximum Gasteiger partial charge on any atom is 0.166 e. The fourth-order valence-electron chi connectivity index (χ4n) is 2.01. The second-order valence-electron chi connectivity index (χ2n) is 3.70. The molecule has 0 aromatic heterocycles. The highest BCUT2D eigenvalue weighted by Gasteiger charge is 2.29. The van der Waals surface area contributed by atoms with Crippen molar-refractivity contribution < 1.29 is 4.79 Å². The second kappa shape index (κ2) is 4.18. The van der Waals surface area contributed by atoms with Crippen molar-refractivity contribution in [1.29, 1.82) is 0 Å². The quantitative estimate of drug-likeness (QED) is 0.756. The molecule has 0 aliphatic heterocycles. The van der Waals surface area contributed by atoms with Crippen molar-refractivity contribution in [1.82, 2.24) is 0 Å². The van der Waals surface area contributed by atoms with Crippen LogP contribution < -0.4 is 0 Å². The number of benzene rings is 1. The Morgan fingerprint density at radius 2 is 2.21 bits per heavy atom. The molecule has 0 heterocycles. The number of fused-ring (bicyclic) bond motifs is 1. The van der Waals surface area contributed by atoms with Gasteiger partial charge in [-0.15, -0.1) is 0 Å². The molecule has 1 aromatic rings. The van der Waals surface area contributed by atoms with Gasteiger partial charge in [-0.1, -0.05) is 24.3 Å². The van der Waals surface area contributed by atoms with Crippen LogP contribution in [0, 0.1) is 5.92 Å². The van der Waals surface area contributed by atoms with Gasteiger partial charge in [0, 0.05) is 11.5 Å². The summed E-state index contributed by atoms with van der Waals surface area (Å²) in [6, 6.07) is 8.00. The number of hydrogen-bond donors (Lipinski definition) is 0. The van der Waals surface area contributed by atoms with E-state index in [1.54, 1.807) is 0 Å². The van der Waals surface area contributed by atoms with Crippen molar-refractivity contribution in [2.24, 2.45) is 5.92 Å². The van der Waals surface area contributed by atoms with Crippen molar-refractivity contribution in [3.63, 3.8) is 0 Å². The number of carbonyl (C=O) groups is 1. The van der Waals surface area contributed by atoms with Gasteiger partial charge in [0.05, 0.1) is 0 Å². The summed E-state index contributed by atoms with van der Waals surface area (Å²) >= 11 is 1.82. The minimum absolute atomic E-state index is 0.250. The lowest BCUT2D eigenvalue weighted by atomic mass is 10.0. The Kier molecular flexibility index (Phi) is 2.92. The lowest BCUT2D eigenvalue weighted by Gasteiger charge is -2.04. The average molecular weight is 206 g/mol. The summed E-state index contributed by atoms with van der Waals surface area (Å²) < 4.78 is 0. The van der Waals surface area contributed by atoms with Crippen LogP contribution in [0.25, 0.3) is 0 Å². The molecule has 1 aromatic carbocycles. The molecule has 1 aliphatic rings. The summed E-state index contributed by atoms with van der Waals surface area (Å²) in [7, 11) is 0. The molecular weight excluding hydrogens is 192 g/mol. The van der Waals surface area contributed by atoms with E-state index in [4.69, 9.17) is 0 Å².